The lowest BCUT2D eigenvalue weighted by Gasteiger charge is -2.36. The first-order valence-corrected chi connectivity index (χ1v) is 15.2. The van der Waals surface area contributed by atoms with Crippen molar-refractivity contribution in [3.8, 4) is 5.88 Å². The molecule has 0 unspecified atom stereocenters. The second-order valence-corrected chi connectivity index (χ2v) is 11.6. The van der Waals surface area contributed by atoms with E-state index in [1.165, 1.54) is 6.42 Å². The van der Waals surface area contributed by atoms with Crippen LogP contribution in [0.25, 0.3) is 5.65 Å². The van der Waals surface area contributed by atoms with Crippen LogP contribution in [0.4, 0.5) is 11.6 Å². The molecule has 12 heteroatoms. The molecule has 0 spiro atoms. The highest BCUT2D eigenvalue weighted by atomic mass is 16.6. The molecule has 12 nitrogen and oxygen atoms in total. The van der Waals surface area contributed by atoms with Crippen LogP contribution in [0.5, 0.6) is 5.88 Å². The Morgan fingerprint density at radius 1 is 1.12 bits per heavy atom. The number of piperidine rings is 1. The molecule has 236 valence electrons. The van der Waals surface area contributed by atoms with E-state index in [0.29, 0.717) is 38.9 Å². The van der Waals surface area contributed by atoms with Gasteiger partial charge in [-0.3, -0.25) is 0 Å². The molecule has 1 aliphatic heterocycles. The first kappa shape index (κ1) is 32.4. The molecule has 1 fully saturated rings. The summed E-state index contributed by atoms with van der Waals surface area (Å²) < 4.78 is 23.5. The molecule has 1 atom stereocenters. The average molecular weight is 599 g/mol. The minimum absolute atomic E-state index is 0.0965. The fourth-order valence-corrected chi connectivity index (χ4v) is 5.01. The normalized spacial score (nSPS) is 15.6. The minimum atomic E-state index is -0.523. The quantitative estimate of drug-likeness (QED) is 0.184. The van der Waals surface area contributed by atoms with Crippen molar-refractivity contribution >= 4 is 23.3 Å². The van der Waals surface area contributed by atoms with Gasteiger partial charge in [-0.15, -0.1) is 0 Å². The van der Waals surface area contributed by atoms with Crippen molar-refractivity contribution in [1.82, 2.24) is 19.6 Å². The van der Waals surface area contributed by atoms with Crippen molar-refractivity contribution in [2.75, 3.05) is 56.4 Å². The van der Waals surface area contributed by atoms with Crippen LogP contribution >= 0.6 is 0 Å². The monoisotopic (exact) mass is 598 g/mol. The fourth-order valence-electron chi connectivity index (χ4n) is 5.01. The summed E-state index contributed by atoms with van der Waals surface area (Å²) in [5.41, 5.74) is 2.43. The van der Waals surface area contributed by atoms with Crippen LogP contribution in [-0.4, -0.2) is 88.5 Å². The minimum Gasteiger partial charge on any atom is -0.475 e. The van der Waals surface area contributed by atoms with E-state index in [4.69, 9.17) is 23.9 Å². The van der Waals surface area contributed by atoms with Crippen molar-refractivity contribution in [2.45, 2.75) is 78.0 Å². The Labute approximate surface area is 253 Å². The van der Waals surface area contributed by atoms with E-state index in [0.717, 1.165) is 60.6 Å². The van der Waals surface area contributed by atoms with E-state index in [2.05, 4.69) is 33.3 Å². The second-order valence-electron chi connectivity index (χ2n) is 11.6. The second kappa shape index (κ2) is 15.8. The number of aryl methyl sites for hydroxylation is 1. The highest BCUT2D eigenvalue weighted by Gasteiger charge is 2.25. The highest BCUT2D eigenvalue weighted by Crippen LogP contribution is 2.29. The zero-order valence-corrected chi connectivity index (χ0v) is 25.9. The Hall–Kier alpha value is -3.48. The number of aromatic nitrogens is 4. The summed E-state index contributed by atoms with van der Waals surface area (Å²) >= 11 is 0. The molecular weight excluding hydrogens is 552 g/mol. The molecular formula is C31H46N6O6. The number of carbonyl (C=O) groups excluding carboxylic acids is 1. The summed E-state index contributed by atoms with van der Waals surface area (Å²) in [6.07, 6.45) is 8.61. The lowest BCUT2D eigenvalue weighted by atomic mass is 9.99. The maximum Gasteiger partial charge on any atom is 0.332 e. The Bertz CT molecular complexity index is 1290. The Kier molecular flexibility index (Phi) is 11.9. The van der Waals surface area contributed by atoms with Crippen LogP contribution in [0.1, 0.15) is 64.5 Å². The van der Waals surface area contributed by atoms with Gasteiger partial charge in [0.25, 0.3) is 0 Å². The first-order chi connectivity index (χ1) is 20.8. The molecule has 0 bridgehead atoms. The maximum atomic E-state index is 11.6. The third-order valence-electron chi connectivity index (χ3n) is 7.06. The van der Waals surface area contributed by atoms with Crippen molar-refractivity contribution in [1.29, 1.82) is 0 Å². The summed E-state index contributed by atoms with van der Waals surface area (Å²) in [5, 5.41) is 17.7. The number of carbonyl (C=O) groups is 1. The molecule has 0 aliphatic carbocycles. The van der Waals surface area contributed by atoms with Crippen molar-refractivity contribution in [3.05, 3.63) is 41.7 Å². The summed E-state index contributed by atoms with van der Waals surface area (Å²) in [6.45, 7) is 10.5. The number of hydrogen-bond acceptors (Lipinski definition) is 11. The van der Waals surface area contributed by atoms with Gasteiger partial charge in [0.05, 0.1) is 26.0 Å². The molecule has 0 radical (unpaired) electrons. The van der Waals surface area contributed by atoms with Gasteiger partial charge in [0, 0.05) is 49.6 Å². The molecule has 3 aromatic heterocycles. The number of fused-ring (bicyclic) bond motifs is 1. The van der Waals surface area contributed by atoms with Gasteiger partial charge in [-0.1, -0.05) is 13.0 Å². The van der Waals surface area contributed by atoms with Gasteiger partial charge >= 0.3 is 5.97 Å². The van der Waals surface area contributed by atoms with Gasteiger partial charge in [0.2, 0.25) is 5.88 Å². The van der Waals surface area contributed by atoms with Gasteiger partial charge in [0.15, 0.2) is 5.65 Å². The number of ether oxygens (including phenoxy) is 4. The zero-order valence-electron chi connectivity index (χ0n) is 25.9. The number of nitrogens with zero attached hydrogens (tertiary/aromatic N) is 5. The number of aliphatic hydroxyl groups is 1. The number of esters is 1. The number of rotatable bonds is 16. The van der Waals surface area contributed by atoms with E-state index in [9.17, 15) is 9.90 Å². The number of nitrogens with one attached hydrogen (secondary N) is 1. The van der Waals surface area contributed by atoms with Crippen molar-refractivity contribution < 1.29 is 28.8 Å². The topological polar surface area (TPSA) is 133 Å². The van der Waals surface area contributed by atoms with Crippen LogP contribution in [0.2, 0.25) is 0 Å². The smallest absolute Gasteiger partial charge is 0.332 e. The maximum absolute atomic E-state index is 11.6. The van der Waals surface area contributed by atoms with Gasteiger partial charge in [-0.05, 0) is 58.4 Å². The summed E-state index contributed by atoms with van der Waals surface area (Å²) in [5.74, 6) is 1.90. The highest BCUT2D eigenvalue weighted by molar-refractivity contribution is 5.71. The lowest BCUT2D eigenvalue weighted by molar-refractivity contribution is -0.160. The summed E-state index contributed by atoms with van der Waals surface area (Å²) in [7, 11) is 0. The van der Waals surface area contributed by atoms with Gasteiger partial charge < -0.3 is 34.3 Å². The van der Waals surface area contributed by atoms with E-state index in [1.54, 1.807) is 6.20 Å². The van der Waals surface area contributed by atoms with E-state index >= 15 is 0 Å². The predicted molar refractivity (Wildman–Crippen MR) is 164 cm³/mol. The largest absolute Gasteiger partial charge is 0.475 e. The predicted octanol–water partition coefficient (Wildman–Crippen LogP) is 3.79. The molecule has 0 saturated carbocycles. The van der Waals surface area contributed by atoms with Crippen LogP contribution in [-0.2, 0) is 32.0 Å². The number of anilines is 2. The molecule has 1 saturated heterocycles. The average Bonchev–Trinajstić information content (AvgIpc) is 3.41. The SMILES string of the molecule is CCc1cnn2c(NCc3ccc(OCCOCCOCC(=O)OC(C)(C)C)nc3)cc(N3CCCC[C@H]3CCO)nc12. The van der Waals surface area contributed by atoms with E-state index < -0.39 is 11.6 Å². The number of hydrogen-bond donors (Lipinski definition) is 2. The lowest BCUT2D eigenvalue weighted by Crippen LogP contribution is -2.40. The molecule has 4 rings (SSSR count). The molecule has 1 aliphatic rings. The van der Waals surface area contributed by atoms with Gasteiger partial charge in [0.1, 0.15) is 30.5 Å². The summed E-state index contributed by atoms with van der Waals surface area (Å²) in [4.78, 5) is 23.4. The van der Waals surface area contributed by atoms with Crippen LogP contribution < -0.4 is 15.0 Å². The Morgan fingerprint density at radius 2 is 1.93 bits per heavy atom. The third-order valence-corrected chi connectivity index (χ3v) is 7.06. The number of pyridine rings is 1. The fraction of sp³-hybridized carbons (Fsp3) is 0.613. The standard InChI is InChI=1S/C31H46N6O6/c1-5-24-21-34-37-26(18-27(35-30(24)37)36-12-7-6-8-25(36)11-13-38)32-19-23-9-10-28(33-20-23)42-17-16-40-14-15-41-22-29(39)43-31(2,3)4/h9-10,18,20-21,25,32,38H,5-8,11-17,19,22H2,1-4H3/t25-/m0/s1. The zero-order chi connectivity index (χ0) is 30.7. The molecule has 2 N–H and O–H groups in total. The first-order valence-electron chi connectivity index (χ1n) is 15.2. The number of aliphatic hydroxyl groups excluding tert-OH is 1. The van der Waals surface area contributed by atoms with Crippen molar-refractivity contribution in [3.63, 3.8) is 0 Å². The van der Waals surface area contributed by atoms with Gasteiger partial charge in [-0.2, -0.15) is 9.61 Å². The Morgan fingerprint density at radius 3 is 2.67 bits per heavy atom. The third kappa shape index (κ3) is 9.77. The van der Waals surface area contributed by atoms with Crippen LogP contribution in [0.15, 0.2) is 30.6 Å². The van der Waals surface area contributed by atoms with Gasteiger partial charge in [-0.25, -0.2) is 14.8 Å². The van der Waals surface area contributed by atoms with E-state index in [1.807, 2.05) is 43.6 Å². The van der Waals surface area contributed by atoms with E-state index in [-0.39, 0.29) is 19.3 Å². The van der Waals surface area contributed by atoms with Crippen molar-refractivity contribution in [2.24, 2.45) is 0 Å². The molecule has 0 amide bonds. The molecule has 4 heterocycles. The van der Waals surface area contributed by atoms with Crippen LogP contribution in [0, 0.1) is 0 Å². The molecule has 0 aromatic carbocycles. The molecule has 43 heavy (non-hydrogen) atoms. The molecule has 3 aromatic rings. The summed E-state index contributed by atoms with van der Waals surface area (Å²) in [6, 6.07) is 6.16. The Balaban J connectivity index is 1.25. The van der Waals surface area contributed by atoms with Crippen LogP contribution in [0.3, 0.4) is 0 Å².